The highest BCUT2D eigenvalue weighted by Crippen LogP contribution is 2.24. The summed E-state index contributed by atoms with van der Waals surface area (Å²) in [5, 5.41) is 22.2. The zero-order chi connectivity index (χ0) is 14.4. The van der Waals surface area contributed by atoms with Gasteiger partial charge in [-0.1, -0.05) is 0 Å². The van der Waals surface area contributed by atoms with E-state index in [0.717, 1.165) is 0 Å². The standard InChI is InChI=1S/C12H14N4O3/c1-3-15(8-12(17)14-2)11-5-4-10(16(18)19)6-9(11)7-13/h4-6H,3,8H2,1-2H3,(H,14,17). The van der Waals surface area contributed by atoms with Crippen molar-refractivity contribution in [1.82, 2.24) is 5.32 Å². The second-order valence-electron chi connectivity index (χ2n) is 3.76. The number of nitrogens with zero attached hydrogens (tertiary/aromatic N) is 3. The van der Waals surface area contributed by atoms with Crippen molar-refractivity contribution in [2.45, 2.75) is 6.92 Å². The predicted octanol–water partition coefficient (Wildman–Crippen LogP) is 1.04. The highest BCUT2D eigenvalue weighted by atomic mass is 16.6. The van der Waals surface area contributed by atoms with Gasteiger partial charge in [0.2, 0.25) is 5.91 Å². The van der Waals surface area contributed by atoms with Gasteiger partial charge in [0.1, 0.15) is 6.07 Å². The van der Waals surface area contributed by atoms with Gasteiger partial charge in [-0.15, -0.1) is 0 Å². The van der Waals surface area contributed by atoms with Crippen LogP contribution >= 0.6 is 0 Å². The lowest BCUT2D eigenvalue weighted by molar-refractivity contribution is -0.384. The van der Waals surface area contributed by atoms with Gasteiger partial charge in [-0.2, -0.15) is 5.26 Å². The topological polar surface area (TPSA) is 99.3 Å². The first-order valence-electron chi connectivity index (χ1n) is 5.67. The van der Waals surface area contributed by atoms with E-state index in [1.807, 2.05) is 13.0 Å². The second kappa shape index (κ2) is 6.35. The van der Waals surface area contributed by atoms with Crippen LogP contribution in [-0.2, 0) is 4.79 Å². The first-order valence-corrected chi connectivity index (χ1v) is 5.67. The van der Waals surface area contributed by atoms with Crippen LogP contribution in [-0.4, -0.2) is 31.0 Å². The fraction of sp³-hybridized carbons (Fsp3) is 0.333. The predicted molar refractivity (Wildman–Crippen MR) is 69.8 cm³/mol. The summed E-state index contributed by atoms with van der Waals surface area (Å²) < 4.78 is 0. The SMILES string of the molecule is CCN(CC(=O)NC)c1ccc([N+](=O)[O-])cc1C#N. The Morgan fingerprint density at radius 1 is 1.58 bits per heavy atom. The number of carbonyl (C=O) groups is 1. The fourth-order valence-electron chi connectivity index (χ4n) is 1.62. The molecule has 0 saturated heterocycles. The molecule has 1 aromatic carbocycles. The molecule has 7 nitrogen and oxygen atoms in total. The molecule has 0 saturated carbocycles. The third-order valence-corrected chi connectivity index (χ3v) is 2.65. The highest BCUT2D eigenvalue weighted by molar-refractivity contribution is 5.81. The van der Waals surface area contributed by atoms with Crippen LogP contribution in [0.15, 0.2) is 18.2 Å². The Kier molecular flexibility index (Phi) is 4.83. The molecule has 0 heterocycles. The van der Waals surface area contributed by atoms with E-state index in [2.05, 4.69) is 5.32 Å². The van der Waals surface area contributed by atoms with Crippen molar-refractivity contribution in [2.75, 3.05) is 25.0 Å². The quantitative estimate of drug-likeness (QED) is 0.631. The summed E-state index contributed by atoms with van der Waals surface area (Å²) in [6.45, 7) is 2.45. The molecule has 1 rings (SSSR count). The molecular weight excluding hydrogens is 248 g/mol. The van der Waals surface area contributed by atoms with Crippen LogP contribution in [0.1, 0.15) is 12.5 Å². The molecule has 100 valence electrons. The minimum Gasteiger partial charge on any atom is -0.361 e. The minimum absolute atomic E-state index is 0.0967. The number of hydrogen-bond acceptors (Lipinski definition) is 5. The number of hydrogen-bond donors (Lipinski definition) is 1. The smallest absolute Gasteiger partial charge is 0.270 e. The van der Waals surface area contributed by atoms with Crippen molar-refractivity contribution in [2.24, 2.45) is 0 Å². The van der Waals surface area contributed by atoms with Crippen molar-refractivity contribution < 1.29 is 9.72 Å². The maximum absolute atomic E-state index is 11.4. The van der Waals surface area contributed by atoms with Crippen LogP contribution in [0, 0.1) is 21.4 Å². The van der Waals surface area contributed by atoms with E-state index in [4.69, 9.17) is 5.26 Å². The van der Waals surface area contributed by atoms with Crippen molar-refractivity contribution in [1.29, 1.82) is 5.26 Å². The van der Waals surface area contributed by atoms with Gasteiger partial charge < -0.3 is 10.2 Å². The third kappa shape index (κ3) is 3.42. The number of nitriles is 1. The third-order valence-electron chi connectivity index (χ3n) is 2.65. The van der Waals surface area contributed by atoms with Crippen molar-refractivity contribution in [3.63, 3.8) is 0 Å². The summed E-state index contributed by atoms with van der Waals surface area (Å²) >= 11 is 0. The zero-order valence-electron chi connectivity index (χ0n) is 10.7. The number of amides is 1. The Balaban J connectivity index is 3.14. The molecule has 0 aliphatic carbocycles. The zero-order valence-corrected chi connectivity index (χ0v) is 10.7. The molecule has 0 bridgehead atoms. The summed E-state index contributed by atoms with van der Waals surface area (Å²) in [5.41, 5.74) is 0.551. The summed E-state index contributed by atoms with van der Waals surface area (Å²) in [5.74, 6) is -0.191. The summed E-state index contributed by atoms with van der Waals surface area (Å²) in [7, 11) is 1.53. The van der Waals surface area contributed by atoms with Gasteiger partial charge in [0, 0.05) is 25.7 Å². The molecule has 7 heteroatoms. The summed E-state index contributed by atoms with van der Waals surface area (Å²) in [4.78, 5) is 23.2. The number of nitrogens with one attached hydrogen (secondary N) is 1. The van der Waals surface area contributed by atoms with E-state index < -0.39 is 4.92 Å². The Bertz CT molecular complexity index is 536. The van der Waals surface area contributed by atoms with Crippen LogP contribution in [0.5, 0.6) is 0 Å². The maximum atomic E-state index is 11.4. The average molecular weight is 262 g/mol. The van der Waals surface area contributed by atoms with Crippen LogP contribution < -0.4 is 10.2 Å². The molecule has 1 amide bonds. The van der Waals surface area contributed by atoms with Crippen LogP contribution in [0.3, 0.4) is 0 Å². The Morgan fingerprint density at radius 3 is 2.74 bits per heavy atom. The number of benzene rings is 1. The Labute approximate surface area is 110 Å². The molecule has 0 unspecified atom stereocenters. The number of rotatable bonds is 5. The first kappa shape index (κ1) is 14.4. The van der Waals surface area contributed by atoms with Crippen LogP contribution in [0.4, 0.5) is 11.4 Å². The average Bonchev–Trinajstić information content (AvgIpc) is 2.43. The van der Waals surface area contributed by atoms with E-state index >= 15 is 0 Å². The van der Waals surface area contributed by atoms with Crippen molar-refractivity contribution in [3.05, 3.63) is 33.9 Å². The van der Waals surface area contributed by atoms with E-state index in [1.165, 1.54) is 25.2 Å². The Hall–Kier alpha value is -2.62. The minimum atomic E-state index is -0.556. The van der Waals surface area contributed by atoms with Gasteiger partial charge in [-0.05, 0) is 13.0 Å². The molecule has 1 N–H and O–H groups in total. The second-order valence-corrected chi connectivity index (χ2v) is 3.76. The molecule has 1 aromatic rings. The van der Waals surface area contributed by atoms with E-state index in [9.17, 15) is 14.9 Å². The number of nitro groups is 1. The number of carbonyl (C=O) groups excluding carboxylic acids is 1. The highest BCUT2D eigenvalue weighted by Gasteiger charge is 2.16. The molecule has 0 spiro atoms. The largest absolute Gasteiger partial charge is 0.361 e. The van der Waals surface area contributed by atoms with Gasteiger partial charge in [0.05, 0.1) is 22.7 Å². The first-order chi connectivity index (χ1) is 9.03. The molecule has 0 fully saturated rings. The molecule has 0 radical (unpaired) electrons. The maximum Gasteiger partial charge on any atom is 0.270 e. The lowest BCUT2D eigenvalue weighted by Crippen LogP contribution is -2.35. The van der Waals surface area contributed by atoms with Crippen molar-refractivity contribution >= 4 is 17.3 Å². The van der Waals surface area contributed by atoms with E-state index in [0.29, 0.717) is 12.2 Å². The number of anilines is 1. The van der Waals surface area contributed by atoms with Crippen molar-refractivity contribution in [3.8, 4) is 6.07 Å². The van der Waals surface area contributed by atoms with E-state index in [1.54, 1.807) is 4.90 Å². The van der Waals surface area contributed by atoms with Gasteiger partial charge in [0.15, 0.2) is 0 Å². The fourth-order valence-corrected chi connectivity index (χ4v) is 1.62. The lowest BCUT2D eigenvalue weighted by Gasteiger charge is -2.22. The number of non-ortho nitro benzene ring substituents is 1. The molecule has 0 aliphatic rings. The number of nitro benzene ring substituents is 1. The van der Waals surface area contributed by atoms with Gasteiger partial charge in [-0.3, -0.25) is 14.9 Å². The molecule has 19 heavy (non-hydrogen) atoms. The number of likely N-dealkylation sites (N-methyl/N-ethyl adjacent to an activating group) is 2. The van der Waals surface area contributed by atoms with Gasteiger partial charge in [0.25, 0.3) is 5.69 Å². The van der Waals surface area contributed by atoms with Crippen LogP contribution in [0.25, 0.3) is 0 Å². The normalized spacial score (nSPS) is 9.53. The molecule has 0 aromatic heterocycles. The summed E-state index contributed by atoms with van der Waals surface area (Å²) in [6.07, 6.45) is 0. The van der Waals surface area contributed by atoms with Gasteiger partial charge in [-0.25, -0.2) is 0 Å². The van der Waals surface area contributed by atoms with E-state index in [-0.39, 0.29) is 23.7 Å². The summed E-state index contributed by atoms with van der Waals surface area (Å²) in [6, 6.07) is 5.94. The van der Waals surface area contributed by atoms with Crippen LogP contribution in [0.2, 0.25) is 0 Å². The van der Waals surface area contributed by atoms with Gasteiger partial charge >= 0.3 is 0 Å². The molecule has 0 aliphatic heterocycles. The lowest BCUT2D eigenvalue weighted by atomic mass is 10.1. The molecule has 0 atom stereocenters. The monoisotopic (exact) mass is 262 g/mol. The molecular formula is C12H14N4O3. The Morgan fingerprint density at radius 2 is 2.26 bits per heavy atom.